The van der Waals surface area contributed by atoms with Crippen LogP contribution in [0.4, 0.5) is 0 Å². The van der Waals surface area contributed by atoms with E-state index in [0.717, 1.165) is 5.92 Å². The Morgan fingerprint density at radius 2 is 1.76 bits per heavy atom. The molecule has 0 aromatic heterocycles. The van der Waals surface area contributed by atoms with E-state index in [1.165, 1.54) is 71.2 Å². The highest BCUT2D eigenvalue weighted by atomic mass is 15.1. The van der Waals surface area contributed by atoms with Crippen LogP contribution >= 0.6 is 0 Å². The Balaban J connectivity index is 1.79. The van der Waals surface area contributed by atoms with Crippen LogP contribution in [-0.4, -0.2) is 62.7 Å². The summed E-state index contributed by atoms with van der Waals surface area (Å²) in [6, 6.07) is 0.619. The lowest BCUT2D eigenvalue weighted by molar-refractivity contribution is 0.101. The predicted octanol–water partition coefficient (Wildman–Crippen LogP) is 2.82. The van der Waals surface area contributed by atoms with E-state index in [-0.39, 0.29) is 0 Å². The van der Waals surface area contributed by atoms with Gasteiger partial charge >= 0.3 is 0 Å². The van der Waals surface area contributed by atoms with Gasteiger partial charge in [0.2, 0.25) is 0 Å². The van der Waals surface area contributed by atoms with Gasteiger partial charge in [0, 0.05) is 25.7 Å². The molecular weight excluding hydrogens is 258 g/mol. The second-order valence-corrected chi connectivity index (χ2v) is 8.22. The van der Waals surface area contributed by atoms with Crippen molar-refractivity contribution in [3.8, 4) is 0 Å². The Hall–Kier alpha value is -0.120. The zero-order valence-corrected chi connectivity index (χ0v) is 14.8. The fourth-order valence-corrected chi connectivity index (χ4v) is 4.25. The highest BCUT2D eigenvalue weighted by molar-refractivity contribution is 4.91. The summed E-state index contributed by atoms with van der Waals surface area (Å²) in [5.74, 6) is 0.921. The van der Waals surface area contributed by atoms with Gasteiger partial charge < -0.3 is 15.1 Å². The molecule has 2 fully saturated rings. The molecule has 1 saturated heterocycles. The van der Waals surface area contributed by atoms with Crippen molar-refractivity contribution < 1.29 is 0 Å². The molecule has 1 aliphatic heterocycles. The molecule has 1 saturated carbocycles. The molecule has 1 N–H and O–H groups in total. The molecule has 0 unspecified atom stereocenters. The lowest BCUT2D eigenvalue weighted by Gasteiger charge is -2.40. The number of rotatable bonds is 7. The number of hydrogen-bond acceptors (Lipinski definition) is 3. The van der Waals surface area contributed by atoms with Crippen molar-refractivity contribution in [3.63, 3.8) is 0 Å². The van der Waals surface area contributed by atoms with E-state index in [9.17, 15) is 0 Å². The summed E-state index contributed by atoms with van der Waals surface area (Å²) in [7, 11) is 4.41. The fraction of sp³-hybridized carbons (Fsp3) is 1.00. The normalized spacial score (nSPS) is 24.3. The Kier molecular flexibility index (Phi) is 6.51. The van der Waals surface area contributed by atoms with Gasteiger partial charge in [-0.05, 0) is 64.2 Å². The monoisotopic (exact) mass is 295 g/mol. The van der Waals surface area contributed by atoms with Crippen molar-refractivity contribution in [2.45, 2.75) is 58.4 Å². The average Bonchev–Trinajstić information content (AvgIpc) is 2.87. The summed E-state index contributed by atoms with van der Waals surface area (Å²) < 4.78 is 0. The summed E-state index contributed by atoms with van der Waals surface area (Å²) in [6.45, 7) is 11.0. The van der Waals surface area contributed by atoms with E-state index in [1.807, 2.05) is 0 Å². The molecule has 124 valence electrons. The van der Waals surface area contributed by atoms with E-state index >= 15 is 0 Å². The maximum Gasteiger partial charge on any atom is 0.00501 e. The van der Waals surface area contributed by atoms with Crippen LogP contribution < -0.4 is 5.32 Å². The van der Waals surface area contributed by atoms with Gasteiger partial charge in [0.1, 0.15) is 0 Å². The fourth-order valence-electron chi connectivity index (χ4n) is 4.25. The largest absolute Gasteiger partial charge is 0.314 e. The summed E-state index contributed by atoms with van der Waals surface area (Å²) in [5.41, 5.74) is 0.568. The SMILES string of the molecule is CC(C)NCC1(CN2CCC(CN(C)C)CC2)CCCC1. The molecule has 0 aromatic carbocycles. The molecule has 0 spiro atoms. The van der Waals surface area contributed by atoms with Gasteiger partial charge in [-0.2, -0.15) is 0 Å². The van der Waals surface area contributed by atoms with Gasteiger partial charge in [-0.1, -0.05) is 26.7 Å². The number of nitrogens with one attached hydrogen (secondary N) is 1. The molecule has 2 aliphatic rings. The van der Waals surface area contributed by atoms with Gasteiger partial charge in [-0.15, -0.1) is 0 Å². The minimum Gasteiger partial charge on any atom is -0.314 e. The maximum atomic E-state index is 3.72. The van der Waals surface area contributed by atoms with Crippen molar-refractivity contribution in [1.82, 2.24) is 15.1 Å². The summed E-state index contributed by atoms with van der Waals surface area (Å²) >= 11 is 0. The lowest BCUT2D eigenvalue weighted by atomic mass is 9.84. The Morgan fingerprint density at radius 3 is 2.29 bits per heavy atom. The van der Waals surface area contributed by atoms with Crippen LogP contribution in [0.25, 0.3) is 0 Å². The quantitative estimate of drug-likeness (QED) is 0.779. The van der Waals surface area contributed by atoms with Crippen LogP contribution in [0.15, 0.2) is 0 Å². The van der Waals surface area contributed by atoms with Crippen molar-refractivity contribution in [2.75, 3.05) is 46.8 Å². The third-order valence-electron chi connectivity index (χ3n) is 5.44. The molecule has 1 aliphatic carbocycles. The molecule has 2 rings (SSSR count). The minimum absolute atomic E-state index is 0.568. The Morgan fingerprint density at radius 1 is 1.14 bits per heavy atom. The first-order valence-corrected chi connectivity index (χ1v) is 9.10. The van der Waals surface area contributed by atoms with Crippen molar-refractivity contribution in [1.29, 1.82) is 0 Å². The molecule has 1 heterocycles. The molecule has 0 bridgehead atoms. The standard InChI is InChI=1S/C18H37N3/c1-16(2)19-14-18(9-5-6-10-18)15-21-11-7-17(8-12-21)13-20(3)4/h16-17,19H,5-15H2,1-4H3. The molecular formula is C18H37N3. The zero-order chi connectivity index (χ0) is 15.3. The predicted molar refractivity (Wildman–Crippen MR) is 91.8 cm³/mol. The van der Waals surface area contributed by atoms with E-state index in [1.54, 1.807) is 0 Å². The summed E-state index contributed by atoms with van der Waals surface area (Å²) in [5, 5.41) is 3.72. The average molecular weight is 296 g/mol. The Labute approximate surface area is 132 Å². The van der Waals surface area contributed by atoms with Gasteiger partial charge in [-0.3, -0.25) is 0 Å². The van der Waals surface area contributed by atoms with Crippen LogP contribution in [-0.2, 0) is 0 Å². The molecule has 3 nitrogen and oxygen atoms in total. The van der Waals surface area contributed by atoms with E-state index in [2.05, 4.69) is 43.1 Å². The van der Waals surface area contributed by atoms with Gasteiger partial charge in [0.25, 0.3) is 0 Å². The van der Waals surface area contributed by atoms with Crippen LogP contribution in [0.3, 0.4) is 0 Å². The molecule has 3 heteroatoms. The van der Waals surface area contributed by atoms with Crippen molar-refractivity contribution in [3.05, 3.63) is 0 Å². The van der Waals surface area contributed by atoms with Crippen LogP contribution in [0, 0.1) is 11.3 Å². The highest BCUT2D eigenvalue weighted by Gasteiger charge is 2.36. The van der Waals surface area contributed by atoms with E-state index in [0.29, 0.717) is 11.5 Å². The second-order valence-electron chi connectivity index (χ2n) is 8.22. The number of hydrogen-bond donors (Lipinski definition) is 1. The minimum atomic E-state index is 0.568. The van der Waals surface area contributed by atoms with Crippen molar-refractivity contribution >= 4 is 0 Å². The first kappa shape index (κ1) is 17.2. The van der Waals surface area contributed by atoms with Crippen LogP contribution in [0.2, 0.25) is 0 Å². The Bertz CT molecular complexity index is 287. The summed E-state index contributed by atoms with van der Waals surface area (Å²) in [4.78, 5) is 5.12. The van der Waals surface area contributed by atoms with Gasteiger partial charge in [0.15, 0.2) is 0 Å². The van der Waals surface area contributed by atoms with E-state index < -0.39 is 0 Å². The molecule has 0 amide bonds. The lowest BCUT2D eigenvalue weighted by Crippen LogP contribution is -2.47. The second kappa shape index (κ2) is 7.94. The topological polar surface area (TPSA) is 18.5 Å². The third-order valence-corrected chi connectivity index (χ3v) is 5.44. The van der Waals surface area contributed by atoms with Gasteiger partial charge in [-0.25, -0.2) is 0 Å². The zero-order valence-electron chi connectivity index (χ0n) is 14.8. The van der Waals surface area contributed by atoms with Gasteiger partial charge in [0.05, 0.1) is 0 Å². The maximum absolute atomic E-state index is 3.72. The molecule has 0 radical (unpaired) electrons. The molecule has 0 atom stereocenters. The van der Waals surface area contributed by atoms with E-state index in [4.69, 9.17) is 0 Å². The molecule has 0 aromatic rings. The summed E-state index contributed by atoms with van der Waals surface area (Å²) in [6.07, 6.45) is 8.54. The number of piperidine rings is 1. The van der Waals surface area contributed by atoms with Crippen molar-refractivity contribution in [2.24, 2.45) is 11.3 Å². The first-order chi connectivity index (χ1) is 9.99. The third kappa shape index (κ3) is 5.54. The molecule has 21 heavy (non-hydrogen) atoms. The van der Waals surface area contributed by atoms with Crippen LogP contribution in [0.1, 0.15) is 52.4 Å². The number of likely N-dealkylation sites (tertiary alicyclic amines) is 1. The number of nitrogens with zero attached hydrogens (tertiary/aromatic N) is 2. The van der Waals surface area contributed by atoms with Crippen LogP contribution in [0.5, 0.6) is 0 Å². The smallest absolute Gasteiger partial charge is 0.00501 e. The highest BCUT2D eigenvalue weighted by Crippen LogP contribution is 2.39. The first-order valence-electron chi connectivity index (χ1n) is 9.10.